The molecule has 0 spiro atoms. The van der Waals surface area contributed by atoms with Crippen LogP contribution in [0.2, 0.25) is 0 Å². The first-order valence-corrected chi connectivity index (χ1v) is 7.85. The Morgan fingerprint density at radius 3 is 2.63 bits per heavy atom. The third kappa shape index (κ3) is 5.52. The number of likely N-dealkylation sites (tertiary alicyclic amines) is 1. The van der Waals surface area contributed by atoms with E-state index in [9.17, 15) is 4.79 Å². The lowest BCUT2D eigenvalue weighted by atomic mass is 9.77. The number of amides is 1. The maximum absolute atomic E-state index is 12.2. The molecule has 1 aliphatic heterocycles. The van der Waals surface area contributed by atoms with Gasteiger partial charge >= 0.3 is 0 Å². The molecule has 0 aliphatic carbocycles. The summed E-state index contributed by atoms with van der Waals surface area (Å²) in [6.45, 7) is 14.1. The van der Waals surface area contributed by atoms with Crippen LogP contribution in [0, 0.1) is 11.3 Å². The van der Waals surface area contributed by atoms with Crippen LogP contribution in [-0.4, -0.2) is 36.5 Å². The maximum Gasteiger partial charge on any atom is 0.222 e. The second-order valence-corrected chi connectivity index (χ2v) is 7.09. The fourth-order valence-electron chi connectivity index (χ4n) is 2.88. The van der Waals surface area contributed by atoms with E-state index in [4.69, 9.17) is 0 Å². The van der Waals surface area contributed by atoms with Crippen LogP contribution in [0.15, 0.2) is 0 Å². The Hall–Kier alpha value is -0.570. The standard InChI is InChI=1S/C16H32N2O/c1-6-10-17-13(2)12-18-11-9-14(16(3,4)5)7-8-15(18)19/h13-14,17H,6-12H2,1-5H3. The van der Waals surface area contributed by atoms with Crippen molar-refractivity contribution in [2.45, 2.75) is 66.3 Å². The second kappa shape index (κ2) is 7.28. The van der Waals surface area contributed by atoms with Gasteiger partial charge in [0, 0.05) is 25.6 Å². The predicted molar refractivity (Wildman–Crippen MR) is 81.1 cm³/mol. The zero-order valence-electron chi connectivity index (χ0n) is 13.5. The van der Waals surface area contributed by atoms with E-state index in [1.165, 1.54) is 0 Å². The summed E-state index contributed by atoms with van der Waals surface area (Å²) >= 11 is 0. The highest BCUT2D eigenvalue weighted by atomic mass is 16.2. The Balaban J connectivity index is 2.49. The van der Waals surface area contributed by atoms with E-state index in [2.05, 4.69) is 44.8 Å². The largest absolute Gasteiger partial charge is 0.341 e. The van der Waals surface area contributed by atoms with Crippen molar-refractivity contribution < 1.29 is 4.79 Å². The van der Waals surface area contributed by atoms with Gasteiger partial charge < -0.3 is 10.2 Å². The molecule has 2 unspecified atom stereocenters. The second-order valence-electron chi connectivity index (χ2n) is 7.09. The van der Waals surface area contributed by atoms with Crippen LogP contribution in [0.25, 0.3) is 0 Å². The summed E-state index contributed by atoms with van der Waals surface area (Å²) in [5.74, 6) is 1.01. The van der Waals surface area contributed by atoms with E-state index < -0.39 is 0 Å². The Bertz CT molecular complexity index is 283. The average molecular weight is 268 g/mol. The molecule has 19 heavy (non-hydrogen) atoms. The zero-order valence-corrected chi connectivity index (χ0v) is 13.5. The van der Waals surface area contributed by atoms with E-state index in [0.717, 1.165) is 45.3 Å². The van der Waals surface area contributed by atoms with Crippen molar-refractivity contribution in [3.05, 3.63) is 0 Å². The minimum absolute atomic E-state index is 0.322. The van der Waals surface area contributed by atoms with Crippen molar-refractivity contribution in [3.63, 3.8) is 0 Å². The Morgan fingerprint density at radius 1 is 1.37 bits per heavy atom. The molecule has 1 fully saturated rings. The van der Waals surface area contributed by atoms with Gasteiger partial charge in [-0.25, -0.2) is 0 Å². The smallest absolute Gasteiger partial charge is 0.222 e. The van der Waals surface area contributed by atoms with Gasteiger partial charge in [0.2, 0.25) is 5.91 Å². The molecule has 1 rings (SSSR count). The van der Waals surface area contributed by atoms with Crippen LogP contribution in [0.3, 0.4) is 0 Å². The summed E-state index contributed by atoms with van der Waals surface area (Å²) in [7, 11) is 0. The molecule has 0 bridgehead atoms. The highest BCUT2D eigenvalue weighted by molar-refractivity contribution is 5.76. The zero-order chi connectivity index (χ0) is 14.5. The number of nitrogens with one attached hydrogen (secondary N) is 1. The van der Waals surface area contributed by atoms with Crippen LogP contribution in [0.1, 0.15) is 60.3 Å². The summed E-state index contributed by atoms with van der Waals surface area (Å²) < 4.78 is 0. The number of rotatable bonds is 5. The van der Waals surface area contributed by atoms with Crippen molar-refractivity contribution in [1.29, 1.82) is 0 Å². The SMILES string of the molecule is CCCNC(C)CN1CCC(C(C)(C)C)CCC1=O. The third-order valence-electron chi connectivity index (χ3n) is 4.27. The highest BCUT2D eigenvalue weighted by Gasteiger charge is 2.30. The minimum atomic E-state index is 0.322. The summed E-state index contributed by atoms with van der Waals surface area (Å²) in [6.07, 6.45) is 4.07. The van der Waals surface area contributed by atoms with E-state index in [1.54, 1.807) is 0 Å². The molecule has 0 aromatic rings. The summed E-state index contributed by atoms with van der Waals surface area (Å²) in [5.41, 5.74) is 0.322. The highest BCUT2D eigenvalue weighted by Crippen LogP contribution is 2.34. The molecular weight excluding hydrogens is 236 g/mol. The van der Waals surface area contributed by atoms with Crippen LogP contribution >= 0.6 is 0 Å². The van der Waals surface area contributed by atoms with Crippen molar-refractivity contribution in [2.75, 3.05) is 19.6 Å². The Kier molecular flexibility index (Phi) is 6.31. The third-order valence-corrected chi connectivity index (χ3v) is 4.27. The Labute approximate surface area is 119 Å². The summed E-state index contributed by atoms with van der Waals surface area (Å²) in [5, 5.41) is 3.47. The lowest BCUT2D eigenvalue weighted by Crippen LogP contribution is -2.42. The van der Waals surface area contributed by atoms with Crippen molar-refractivity contribution in [2.24, 2.45) is 11.3 Å². The lowest BCUT2D eigenvalue weighted by molar-refractivity contribution is -0.131. The van der Waals surface area contributed by atoms with E-state index in [1.807, 2.05) is 0 Å². The monoisotopic (exact) mass is 268 g/mol. The molecule has 0 aromatic heterocycles. The van der Waals surface area contributed by atoms with Crippen molar-refractivity contribution >= 4 is 5.91 Å². The first-order chi connectivity index (χ1) is 8.84. The molecule has 1 saturated heterocycles. The number of hydrogen-bond donors (Lipinski definition) is 1. The van der Waals surface area contributed by atoms with Gasteiger partial charge in [-0.1, -0.05) is 27.7 Å². The number of carbonyl (C=O) groups excluding carboxylic acids is 1. The van der Waals surface area contributed by atoms with E-state index >= 15 is 0 Å². The van der Waals surface area contributed by atoms with Crippen LogP contribution in [0.5, 0.6) is 0 Å². The van der Waals surface area contributed by atoms with Gasteiger partial charge in [0.05, 0.1) is 0 Å². The topological polar surface area (TPSA) is 32.3 Å². The molecule has 112 valence electrons. The average Bonchev–Trinajstić information content (AvgIpc) is 2.49. The van der Waals surface area contributed by atoms with Gasteiger partial charge in [-0.3, -0.25) is 4.79 Å². The fourth-order valence-corrected chi connectivity index (χ4v) is 2.88. The van der Waals surface area contributed by atoms with Gasteiger partial charge in [0.15, 0.2) is 0 Å². The van der Waals surface area contributed by atoms with Crippen molar-refractivity contribution in [3.8, 4) is 0 Å². The first-order valence-electron chi connectivity index (χ1n) is 7.85. The van der Waals surface area contributed by atoms with Gasteiger partial charge in [0.1, 0.15) is 0 Å². The Morgan fingerprint density at radius 2 is 2.05 bits per heavy atom. The molecule has 3 nitrogen and oxygen atoms in total. The molecule has 0 radical (unpaired) electrons. The van der Waals surface area contributed by atoms with Gasteiger partial charge in [0.25, 0.3) is 0 Å². The maximum atomic E-state index is 12.2. The van der Waals surface area contributed by atoms with Crippen molar-refractivity contribution in [1.82, 2.24) is 10.2 Å². The molecule has 1 heterocycles. The molecule has 0 saturated carbocycles. The van der Waals surface area contributed by atoms with E-state index in [-0.39, 0.29) is 0 Å². The molecular formula is C16H32N2O. The normalized spacial score (nSPS) is 23.3. The summed E-state index contributed by atoms with van der Waals surface area (Å²) in [6, 6.07) is 0.398. The predicted octanol–water partition coefficient (Wildman–Crippen LogP) is 3.05. The number of carbonyl (C=O) groups is 1. The number of nitrogens with zero attached hydrogens (tertiary/aromatic N) is 1. The van der Waals surface area contributed by atoms with Crippen LogP contribution in [-0.2, 0) is 4.79 Å². The lowest BCUT2D eigenvalue weighted by Gasteiger charge is -2.30. The molecule has 1 amide bonds. The summed E-state index contributed by atoms with van der Waals surface area (Å²) in [4.78, 5) is 14.3. The first kappa shape index (κ1) is 16.5. The molecule has 1 aliphatic rings. The molecule has 2 atom stereocenters. The van der Waals surface area contributed by atoms with Crippen LogP contribution < -0.4 is 5.32 Å². The molecule has 0 aromatic carbocycles. The number of hydrogen-bond acceptors (Lipinski definition) is 2. The fraction of sp³-hybridized carbons (Fsp3) is 0.938. The quantitative estimate of drug-likeness (QED) is 0.831. The van der Waals surface area contributed by atoms with Crippen LogP contribution in [0.4, 0.5) is 0 Å². The molecule has 3 heteroatoms. The minimum Gasteiger partial charge on any atom is -0.341 e. The van der Waals surface area contributed by atoms with Gasteiger partial charge in [-0.05, 0) is 44.1 Å². The van der Waals surface area contributed by atoms with Gasteiger partial charge in [-0.2, -0.15) is 0 Å². The van der Waals surface area contributed by atoms with Gasteiger partial charge in [-0.15, -0.1) is 0 Å². The molecule has 1 N–H and O–H groups in total. The van der Waals surface area contributed by atoms with E-state index in [0.29, 0.717) is 23.3 Å².